The molecule has 45 heavy (non-hydrogen) atoms. The van der Waals surface area contributed by atoms with Crippen LogP contribution >= 0.6 is 0 Å². The van der Waals surface area contributed by atoms with E-state index in [4.69, 9.17) is 23.7 Å². The lowest BCUT2D eigenvalue weighted by molar-refractivity contribution is -0.285. The number of carbonyl (C=O) groups excluding carboxylic acids is 3. The number of pyridine rings is 1. The molecule has 0 amide bonds. The summed E-state index contributed by atoms with van der Waals surface area (Å²) in [5.41, 5.74) is 2.21. The van der Waals surface area contributed by atoms with E-state index in [0.717, 1.165) is 5.69 Å². The van der Waals surface area contributed by atoms with Crippen molar-refractivity contribution < 1.29 is 38.1 Å². The Balaban J connectivity index is 1.51. The number of aryl methyl sites for hydroxylation is 1. The average Bonchev–Trinajstić information content (AvgIpc) is 3.08. The molecule has 5 atom stereocenters. The second-order valence-corrected chi connectivity index (χ2v) is 10.2. The molecule has 1 aliphatic rings. The van der Waals surface area contributed by atoms with E-state index in [2.05, 4.69) is 9.98 Å². The Kier molecular flexibility index (Phi) is 10.4. The molecule has 1 aromatic heterocycles. The van der Waals surface area contributed by atoms with Gasteiger partial charge in [-0.05, 0) is 55.5 Å². The first-order chi connectivity index (χ1) is 21.9. The van der Waals surface area contributed by atoms with Gasteiger partial charge in [-0.3, -0.25) is 9.98 Å². The SMILES string of the molecule is COC1OC(CN=Cc2cccc(C)n2)C(OC(=O)c2ccccc2)C(OC(=O)c2ccccc2)C1OC(=O)c1ccccc1. The second kappa shape index (κ2) is 15.0. The summed E-state index contributed by atoms with van der Waals surface area (Å²) in [5, 5.41) is 0. The van der Waals surface area contributed by atoms with Crippen molar-refractivity contribution in [3.63, 3.8) is 0 Å². The highest BCUT2D eigenvalue weighted by molar-refractivity contribution is 5.91. The quantitative estimate of drug-likeness (QED) is 0.141. The van der Waals surface area contributed by atoms with E-state index in [1.54, 1.807) is 103 Å². The molecule has 5 rings (SSSR count). The number of ether oxygens (including phenoxy) is 5. The zero-order valence-corrected chi connectivity index (χ0v) is 24.7. The molecule has 0 N–H and O–H groups in total. The molecular formula is C35H32N2O8. The molecule has 5 unspecified atom stereocenters. The molecule has 3 aromatic carbocycles. The maximum absolute atomic E-state index is 13.4. The summed E-state index contributed by atoms with van der Waals surface area (Å²) in [6, 6.07) is 30.5. The van der Waals surface area contributed by atoms with E-state index in [9.17, 15) is 14.4 Å². The van der Waals surface area contributed by atoms with Gasteiger partial charge in [0.05, 0.1) is 28.9 Å². The van der Waals surface area contributed by atoms with E-state index in [-0.39, 0.29) is 23.2 Å². The molecule has 2 heterocycles. The van der Waals surface area contributed by atoms with Gasteiger partial charge in [0.1, 0.15) is 6.10 Å². The molecule has 10 nitrogen and oxygen atoms in total. The third-order valence-corrected chi connectivity index (χ3v) is 7.00. The summed E-state index contributed by atoms with van der Waals surface area (Å²) < 4.78 is 29.7. The minimum atomic E-state index is -1.34. The standard InChI is InChI=1S/C35H32N2O8/c1-23-13-12-20-27(37-23)21-36-22-28-29(43-32(38)24-14-6-3-7-15-24)30(44-33(39)25-16-8-4-9-17-25)31(35(41-2)42-28)45-34(40)26-18-10-5-11-19-26/h3-21,28-31,35H,22H2,1-2H3. The maximum Gasteiger partial charge on any atom is 0.338 e. The van der Waals surface area contributed by atoms with Crippen LogP contribution in [0.4, 0.5) is 0 Å². The summed E-state index contributed by atoms with van der Waals surface area (Å²) in [6.07, 6.45) is -4.51. The smallest absolute Gasteiger partial charge is 0.338 e. The minimum Gasteiger partial charge on any atom is -0.452 e. The first kappa shape index (κ1) is 31.2. The lowest BCUT2D eigenvalue weighted by Gasteiger charge is -2.43. The van der Waals surface area contributed by atoms with E-state index in [1.165, 1.54) is 7.11 Å². The highest BCUT2D eigenvalue weighted by Crippen LogP contribution is 2.31. The predicted octanol–water partition coefficient (Wildman–Crippen LogP) is 4.86. The van der Waals surface area contributed by atoms with Gasteiger partial charge >= 0.3 is 17.9 Å². The Morgan fingerprint density at radius 3 is 1.67 bits per heavy atom. The molecular weight excluding hydrogens is 576 g/mol. The van der Waals surface area contributed by atoms with Crippen molar-refractivity contribution in [1.29, 1.82) is 0 Å². The molecule has 0 spiro atoms. The van der Waals surface area contributed by atoms with Gasteiger partial charge in [0.2, 0.25) is 0 Å². The molecule has 0 saturated carbocycles. The number of methoxy groups -OCH3 is 1. The van der Waals surface area contributed by atoms with Crippen LogP contribution < -0.4 is 0 Å². The van der Waals surface area contributed by atoms with Crippen LogP contribution in [0.3, 0.4) is 0 Å². The number of hydrogen-bond donors (Lipinski definition) is 0. The van der Waals surface area contributed by atoms with Crippen molar-refractivity contribution in [2.24, 2.45) is 4.99 Å². The van der Waals surface area contributed by atoms with Crippen LogP contribution in [-0.4, -0.2) is 73.5 Å². The van der Waals surface area contributed by atoms with Crippen LogP contribution in [-0.2, 0) is 23.7 Å². The highest BCUT2D eigenvalue weighted by atomic mass is 16.7. The lowest BCUT2D eigenvalue weighted by Crippen LogP contribution is -2.62. The number of aliphatic imine (C=N–C) groups is 1. The van der Waals surface area contributed by atoms with Gasteiger partial charge in [-0.15, -0.1) is 0 Å². The molecule has 1 saturated heterocycles. The number of nitrogens with zero attached hydrogens (tertiary/aromatic N) is 2. The molecule has 0 bridgehead atoms. The molecule has 0 radical (unpaired) electrons. The van der Waals surface area contributed by atoms with Crippen molar-refractivity contribution in [3.8, 4) is 0 Å². The highest BCUT2D eigenvalue weighted by Gasteiger charge is 2.53. The van der Waals surface area contributed by atoms with Gasteiger partial charge in [0.15, 0.2) is 24.6 Å². The van der Waals surface area contributed by atoms with Crippen LogP contribution in [0.1, 0.15) is 42.5 Å². The molecule has 230 valence electrons. The van der Waals surface area contributed by atoms with Crippen LogP contribution in [0, 0.1) is 6.92 Å². The third-order valence-electron chi connectivity index (χ3n) is 7.00. The van der Waals surface area contributed by atoms with Crippen LogP contribution in [0.2, 0.25) is 0 Å². The fourth-order valence-electron chi connectivity index (χ4n) is 4.80. The number of benzene rings is 3. The zero-order chi connectivity index (χ0) is 31.6. The average molecular weight is 609 g/mol. The summed E-state index contributed by atoms with van der Waals surface area (Å²) in [7, 11) is 1.37. The van der Waals surface area contributed by atoms with Crippen molar-refractivity contribution in [2.75, 3.05) is 13.7 Å². The van der Waals surface area contributed by atoms with E-state index >= 15 is 0 Å². The summed E-state index contributed by atoms with van der Waals surface area (Å²) in [4.78, 5) is 49.0. The third kappa shape index (κ3) is 8.05. The Bertz CT molecular complexity index is 1610. The second-order valence-electron chi connectivity index (χ2n) is 10.2. The largest absolute Gasteiger partial charge is 0.452 e. The maximum atomic E-state index is 13.4. The van der Waals surface area contributed by atoms with Crippen LogP contribution in [0.15, 0.2) is 114 Å². The number of esters is 3. The Morgan fingerprint density at radius 2 is 1.18 bits per heavy atom. The van der Waals surface area contributed by atoms with E-state index in [1.807, 2.05) is 19.1 Å². The van der Waals surface area contributed by atoms with Gasteiger partial charge in [-0.1, -0.05) is 60.7 Å². The number of rotatable bonds is 10. The fourth-order valence-corrected chi connectivity index (χ4v) is 4.80. The van der Waals surface area contributed by atoms with Crippen molar-refractivity contribution in [1.82, 2.24) is 4.98 Å². The first-order valence-electron chi connectivity index (χ1n) is 14.3. The van der Waals surface area contributed by atoms with Crippen molar-refractivity contribution in [2.45, 2.75) is 37.6 Å². The molecule has 10 heteroatoms. The predicted molar refractivity (Wildman–Crippen MR) is 164 cm³/mol. The zero-order valence-electron chi connectivity index (χ0n) is 24.7. The van der Waals surface area contributed by atoms with Gasteiger partial charge in [-0.25, -0.2) is 14.4 Å². The van der Waals surface area contributed by atoms with E-state index in [0.29, 0.717) is 5.69 Å². The summed E-state index contributed by atoms with van der Waals surface area (Å²) >= 11 is 0. The molecule has 0 aliphatic carbocycles. The minimum absolute atomic E-state index is 0.0268. The van der Waals surface area contributed by atoms with Crippen LogP contribution in [0.25, 0.3) is 0 Å². The summed E-state index contributed by atoms with van der Waals surface area (Å²) in [6.45, 7) is 1.84. The first-order valence-corrected chi connectivity index (χ1v) is 14.3. The van der Waals surface area contributed by atoms with E-state index < -0.39 is 48.6 Å². The van der Waals surface area contributed by atoms with Crippen molar-refractivity contribution >= 4 is 24.1 Å². The normalized spacial score (nSPS) is 21.2. The van der Waals surface area contributed by atoms with Gasteiger partial charge in [-0.2, -0.15) is 0 Å². The lowest BCUT2D eigenvalue weighted by atomic mass is 9.97. The van der Waals surface area contributed by atoms with Gasteiger partial charge in [0, 0.05) is 19.0 Å². The monoisotopic (exact) mass is 608 g/mol. The molecule has 1 aliphatic heterocycles. The Labute approximate surface area is 260 Å². The van der Waals surface area contributed by atoms with Crippen molar-refractivity contribution in [3.05, 3.63) is 137 Å². The Hall–Kier alpha value is -5.19. The van der Waals surface area contributed by atoms with Gasteiger partial charge < -0.3 is 23.7 Å². The topological polar surface area (TPSA) is 123 Å². The fraction of sp³-hybridized carbons (Fsp3) is 0.229. The van der Waals surface area contributed by atoms with Gasteiger partial charge in [0.25, 0.3) is 0 Å². The number of carbonyl (C=O) groups is 3. The van der Waals surface area contributed by atoms with Crippen LogP contribution in [0.5, 0.6) is 0 Å². The molecule has 1 fully saturated rings. The molecule has 4 aromatic rings. The number of hydrogen-bond acceptors (Lipinski definition) is 10. The Morgan fingerprint density at radius 1 is 0.689 bits per heavy atom. The number of aromatic nitrogens is 1. The summed E-state index contributed by atoms with van der Waals surface area (Å²) in [5.74, 6) is -2.12.